The summed E-state index contributed by atoms with van der Waals surface area (Å²) in [7, 11) is 0. The normalized spacial score (nSPS) is 12.1. The number of para-hydroxylation sites is 1. The predicted octanol–water partition coefficient (Wildman–Crippen LogP) is 7.09. The number of hydrogen-bond acceptors (Lipinski definition) is 4. The maximum atomic E-state index is 13.4. The molecule has 0 aliphatic rings. The van der Waals surface area contributed by atoms with Crippen molar-refractivity contribution in [1.29, 1.82) is 0 Å². The third kappa shape index (κ3) is 7.36. The third-order valence-electron chi connectivity index (χ3n) is 6.70. The van der Waals surface area contributed by atoms with Crippen molar-refractivity contribution in [2.24, 2.45) is 5.92 Å². The number of benzene rings is 3. The number of fused-ring (bicyclic) bond motifs is 1. The van der Waals surface area contributed by atoms with Crippen molar-refractivity contribution in [2.45, 2.75) is 52.7 Å². The molecular formula is C33H37NO5. The number of aryl methyl sites for hydroxylation is 1. The number of carboxylic acid groups (broad SMARTS) is 1. The van der Waals surface area contributed by atoms with Crippen molar-refractivity contribution >= 4 is 22.7 Å². The van der Waals surface area contributed by atoms with Crippen LogP contribution in [0.1, 0.15) is 66.8 Å². The molecule has 1 atom stereocenters. The zero-order chi connectivity index (χ0) is 27.8. The van der Waals surface area contributed by atoms with Gasteiger partial charge in [0, 0.05) is 47.8 Å². The zero-order valence-corrected chi connectivity index (χ0v) is 22.9. The first-order valence-corrected chi connectivity index (χ1v) is 13.6. The van der Waals surface area contributed by atoms with Gasteiger partial charge in [-0.3, -0.25) is 9.59 Å². The molecule has 1 aromatic heterocycles. The van der Waals surface area contributed by atoms with Crippen LogP contribution in [-0.2, 0) is 22.5 Å². The minimum Gasteiger partial charge on any atom is -0.491 e. The van der Waals surface area contributed by atoms with E-state index in [2.05, 4.69) is 38.1 Å². The smallest absolute Gasteiger partial charge is 0.303 e. The number of aliphatic carboxylic acids is 1. The molecule has 1 heterocycles. The van der Waals surface area contributed by atoms with Crippen molar-refractivity contribution in [2.75, 3.05) is 13.2 Å². The van der Waals surface area contributed by atoms with E-state index in [1.165, 1.54) is 5.56 Å². The Morgan fingerprint density at radius 3 is 2.33 bits per heavy atom. The van der Waals surface area contributed by atoms with E-state index < -0.39 is 5.97 Å². The molecule has 0 aliphatic carbocycles. The molecule has 1 N–H and O–H groups in total. The molecule has 0 aliphatic heterocycles. The van der Waals surface area contributed by atoms with Crippen LogP contribution in [-0.4, -0.2) is 34.6 Å². The molecule has 0 fully saturated rings. The number of nitrogens with zero attached hydrogens (tertiary/aromatic N) is 1. The number of rotatable bonds is 14. The zero-order valence-electron chi connectivity index (χ0n) is 22.9. The summed E-state index contributed by atoms with van der Waals surface area (Å²) < 4.78 is 14.0. The lowest BCUT2D eigenvalue weighted by Crippen LogP contribution is -2.14. The van der Waals surface area contributed by atoms with E-state index in [9.17, 15) is 9.59 Å². The second-order valence-corrected chi connectivity index (χ2v) is 10.2. The molecule has 4 rings (SSSR count). The Morgan fingerprint density at radius 2 is 1.67 bits per heavy atom. The predicted molar refractivity (Wildman–Crippen MR) is 154 cm³/mol. The standard InChI is InChI=1S/C33H37NO5/c1-4-38-31(25-13-11-24(12-14-25)20-23(2)3)22-39-27-17-15-26(16-18-27)33(37)29-21-34(19-7-10-32(35)36)30-9-6-5-8-28(29)30/h5-6,8-9,11-18,21,23,31H,4,7,10,19-20,22H2,1-3H3,(H,35,36). The molecular weight excluding hydrogens is 490 g/mol. The van der Waals surface area contributed by atoms with Crippen molar-refractivity contribution in [1.82, 2.24) is 4.57 Å². The monoisotopic (exact) mass is 527 g/mol. The van der Waals surface area contributed by atoms with Crippen LogP contribution in [0.25, 0.3) is 10.9 Å². The number of ketones is 1. The van der Waals surface area contributed by atoms with Gasteiger partial charge in [0.25, 0.3) is 0 Å². The van der Waals surface area contributed by atoms with Gasteiger partial charge in [-0.1, -0.05) is 56.3 Å². The van der Waals surface area contributed by atoms with Gasteiger partial charge in [-0.25, -0.2) is 0 Å². The first kappa shape index (κ1) is 28.1. The van der Waals surface area contributed by atoms with Gasteiger partial charge in [0.1, 0.15) is 18.5 Å². The number of carboxylic acids is 1. The maximum Gasteiger partial charge on any atom is 0.303 e. The summed E-state index contributed by atoms with van der Waals surface area (Å²) in [6.45, 7) is 7.89. The largest absolute Gasteiger partial charge is 0.491 e. The Morgan fingerprint density at radius 1 is 0.949 bits per heavy atom. The molecule has 6 heteroatoms. The highest BCUT2D eigenvalue weighted by atomic mass is 16.5. The minimum atomic E-state index is -0.822. The Balaban J connectivity index is 1.44. The van der Waals surface area contributed by atoms with E-state index in [1.54, 1.807) is 12.1 Å². The summed E-state index contributed by atoms with van der Waals surface area (Å²) in [5.41, 5.74) is 4.49. The van der Waals surface area contributed by atoms with E-state index in [0.29, 0.717) is 49.0 Å². The van der Waals surface area contributed by atoms with E-state index in [4.69, 9.17) is 14.6 Å². The van der Waals surface area contributed by atoms with Gasteiger partial charge in [-0.2, -0.15) is 0 Å². The fourth-order valence-electron chi connectivity index (χ4n) is 4.82. The number of aromatic nitrogens is 1. The fourth-order valence-corrected chi connectivity index (χ4v) is 4.82. The van der Waals surface area contributed by atoms with Gasteiger partial charge in [-0.05, 0) is 67.1 Å². The molecule has 0 amide bonds. The summed E-state index contributed by atoms with van der Waals surface area (Å²) >= 11 is 0. The van der Waals surface area contributed by atoms with E-state index in [-0.39, 0.29) is 18.3 Å². The summed E-state index contributed by atoms with van der Waals surface area (Å²) in [6.07, 6.45) is 3.28. The first-order chi connectivity index (χ1) is 18.9. The average molecular weight is 528 g/mol. The van der Waals surface area contributed by atoms with Crippen molar-refractivity contribution < 1.29 is 24.2 Å². The van der Waals surface area contributed by atoms with Crippen LogP contribution >= 0.6 is 0 Å². The Bertz CT molecular complexity index is 1390. The van der Waals surface area contributed by atoms with Gasteiger partial charge < -0.3 is 19.1 Å². The highest BCUT2D eigenvalue weighted by molar-refractivity contribution is 6.16. The first-order valence-electron chi connectivity index (χ1n) is 13.6. The SMILES string of the molecule is CCOC(COc1ccc(C(=O)c2cn(CCCC(=O)O)c3ccccc23)cc1)c1ccc(CC(C)C)cc1. The van der Waals surface area contributed by atoms with Gasteiger partial charge in [-0.15, -0.1) is 0 Å². The van der Waals surface area contributed by atoms with E-state index in [0.717, 1.165) is 22.9 Å². The summed E-state index contributed by atoms with van der Waals surface area (Å²) in [4.78, 5) is 24.4. The number of hydrogen-bond donors (Lipinski definition) is 1. The lowest BCUT2D eigenvalue weighted by atomic mass is 10.0. The summed E-state index contributed by atoms with van der Waals surface area (Å²) in [5.74, 6) is 0.378. The number of carbonyl (C=O) groups is 2. The fraction of sp³-hybridized carbons (Fsp3) is 0.333. The molecule has 0 spiro atoms. The lowest BCUT2D eigenvalue weighted by Gasteiger charge is -2.19. The molecule has 1 unspecified atom stereocenters. The highest BCUT2D eigenvalue weighted by Crippen LogP contribution is 2.26. The van der Waals surface area contributed by atoms with Crippen molar-refractivity contribution in [3.8, 4) is 5.75 Å². The van der Waals surface area contributed by atoms with Crippen molar-refractivity contribution in [3.05, 3.63) is 101 Å². The Kier molecular flexibility index (Phi) is 9.55. The molecule has 6 nitrogen and oxygen atoms in total. The minimum absolute atomic E-state index is 0.0802. The molecule has 0 saturated heterocycles. The quantitative estimate of drug-likeness (QED) is 0.177. The van der Waals surface area contributed by atoms with Crippen LogP contribution in [0, 0.1) is 5.92 Å². The topological polar surface area (TPSA) is 77.8 Å². The number of carbonyl (C=O) groups excluding carboxylic acids is 1. The molecule has 204 valence electrons. The van der Waals surface area contributed by atoms with Crippen molar-refractivity contribution in [3.63, 3.8) is 0 Å². The van der Waals surface area contributed by atoms with E-state index >= 15 is 0 Å². The van der Waals surface area contributed by atoms with Crippen LogP contribution in [0.3, 0.4) is 0 Å². The molecule has 0 bridgehead atoms. The molecule has 3 aromatic carbocycles. The van der Waals surface area contributed by atoms with Crippen LogP contribution < -0.4 is 4.74 Å². The van der Waals surface area contributed by atoms with Crippen LogP contribution in [0.15, 0.2) is 79.0 Å². The highest BCUT2D eigenvalue weighted by Gasteiger charge is 2.18. The Labute approximate surface area is 230 Å². The van der Waals surface area contributed by atoms with Crippen LogP contribution in [0.4, 0.5) is 0 Å². The third-order valence-corrected chi connectivity index (χ3v) is 6.70. The molecule has 39 heavy (non-hydrogen) atoms. The van der Waals surface area contributed by atoms with Gasteiger partial charge in [0.05, 0.1) is 0 Å². The second kappa shape index (κ2) is 13.3. The van der Waals surface area contributed by atoms with Gasteiger partial charge in [0.15, 0.2) is 5.78 Å². The Hall–Kier alpha value is -3.90. The number of ether oxygens (including phenoxy) is 2. The van der Waals surface area contributed by atoms with Gasteiger partial charge >= 0.3 is 5.97 Å². The summed E-state index contributed by atoms with van der Waals surface area (Å²) in [5, 5.41) is 9.84. The summed E-state index contributed by atoms with van der Waals surface area (Å²) in [6, 6.07) is 23.4. The molecule has 0 saturated carbocycles. The van der Waals surface area contributed by atoms with E-state index in [1.807, 2.05) is 54.1 Å². The molecule has 0 radical (unpaired) electrons. The van der Waals surface area contributed by atoms with Gasteiger partial charge in [0.2, 0.25) is 0 Å². The maximum absolute atomic E-state index is 13.4. The van der Waals surface area contributed by atoms with Crippen LogP contribution in [0.5, 0.6) is 5.75 Å². The second-order valence-electron chi connectivity index (χ2n) is 10.2. The van der Waals surface area contributed by atoms with Crippen LogP contribution in [0.2, 0.25) is 0 Å². The average Bonchev–Trinajstić information content (AvgIpc) is 3.29. The lowest BCUT2D eigenvalue weighted by molar-refractivity contribution is -0.137. The molecule has 4 aromatic rings.